The smallest absolute Gasteiger partial charge is 0.480 e. The van der Waals surface area contributed by atoms with Crippen LogP contribution >= 0.6 is 0 Å². The summed E-state index contributed by atoms with van der Waals surface area (Å²) in [5.41, 5.74) is 0.914. The van der Waals surface area contributed by atoms with E-state index in [0.29, 0.717) is 11.3 Å². The molecule has 0 aliphatic carbocycles. The number of benzene rings is 1. The Morgan fingerprint density at radius 1 is 1.35 bits per heavy atom. The van der Waals surface area contributed by atoms with Crippen molar-refractivity contribution in [3.05, 3.63) is 29.8 Å². The van der Waals surface area contributed by atoms with Crippen LogP contribution in [0.3, 0.4) is 0 Å². The SMILES string of the molecule is F[B]F.O=C(O)C1C=Nc2ccccc2C1=O. The lowest BCUT2D eigenvalue weighted by Crippen LogP contribution is -2.27. The Kier molecular flexibility index (Phi) is 4.51. The van der Waals surface area contributed by atoms with E-state index in [2.05, 4.69) is 4.99 Å². The lowest BCUT2D eigenvalue weighted by molar-refractivity contribution is -0.137. The number of hydrogen-bond acceptors (Lipinski definition) is 3. The standard InChI is InChI=1S/C10H7NO3.BF2/c12-9-6-3-1-2-4-8(6)11-5-7(9)10(13)14;2-1-3/h1-5,7H,(H,13,14);. The zero-order valence-corrected chi connectivity index (χ0v) is 8.51. The Labute approximate surface area is 96.3 Å². The number of carbonyl (C=O) groups excluding carboxylic acids is 1. The van der Waals surface area contributed by atoms with Gasteiger partial charge in [-0.2, -0.15) is 0 Å². The zero-order valence-electron chi connectivity index (χ0n) is 8.51. The third kappa shape index (κ3) is 2.96. The van der Waals surface area contributed by atoms with Crippen molar-refractivity contribution in [3.8, 4) is 0 Å². The molecule has 0 bridgehead atoms. The summed E-state index contributed by atoms with van der Waals surface area (Å²) in [5, 5.41) is 8.72. The van der Waals surface area contributed by atoms with E-state index in [1.807, 2.05) is 0 Å². The van der Waals surface area contributed by atoms with Crippen LogP contribution in [-0.4, -0.2) is 30.9 Å². The quantitative estimate of drug-likeness (QED) is 0.598. The predicted molar refractivity (Wildman–Crippen MR) is 58.0 cm³/mol. The van der Waals surface area contributed by atoms with Gasteiger partial charge in [0.15, 0.2) is 11.7 Å². The normalized spacial score (nSPS) is 16.6. The molecule has 1 atom stereocenters. The minimum absolute atomic E-state index is 0.377. The first-order valence-electron chi connectivity index (χ1n) is 4.54. The monoisotopic (exact) mass is 238 g/mol. The van der Waals surface area contributed by atoms with Gasteiger partial charge in [0.25, 0.3) is 0 Å². The van der Waals surface area contributed by atoms with Gasteiger partial charge >= 0.3 is 13.8 Å². The first-order valence-corrected chi connectivity index (χ1v) is 4.54. The third-order valence-electron chi connectivity index (χ3n) is 2.08. The zero-order chi connectivity index (χ0) is 12.8. The molecule has 0 saturated heterocycles. The molecule has 0 fully saturated rings. The molecular weight excluding hydrogens is 231 g/mol. The Bertz CT molecular complexity index is 465. The van der Waals surface area contributed by atoms with Gasteiger partial charge in [0.1, 0.15) is 0 Å². The summed E-state index contributed by atoms with van der Waals surface area (Å²) < 4.78 is 19.0. The van der Waals surface area contributed by atoms with Gasteiger partial charge in [0.2, 0.25) is 0 Å². The summed E-state index contributed by atoms with van der Waals surface area (Å²) in [6, 6.07) is 6.72. The van der Waals surface area contributed by atoms with Gasteiger partial charge in [-0.1, -0.05) is 12.1 Å². The number of nitrogens with zero attached hydrogens (tertiary/aromatic N) is 1. The van der Waals surface area contributed by atoms with E-state index in [0.717, 1.165) is 0 Å². The number of aliphatic imine (C=N–C) groups is 1. The molecule has 1 aliphatic rings. The van der Waals surface area contributed by atoms with Gasteiger partial charge in [-0.3, -0.25) is 23.2 Å². The minimum atomic E-state index is -1.16. The summed E-state index contributed by atoms with van der Waals surface area (Å²) in [7, 11) is -1.00. The number of hydrogen-bond donors (Lipinski definition) is 1. The van der Waals surface area contributed by atoms with E-state index in [4.69, 9.17) is 5.11 Å². The lowest BCUT2D eigenvalue weighted by Gasteiger charge is -2.13. The number of para-hydroxylation sites is 1. The molecule has 1 unspecified atom stereocenters. The average Bonchev–Trinajstić information content (AvgIpc) is 2.30. The molecule has 1 aromatic carbocycles. The molecule has 7 heteroatoms. The molecule has 1 heterocycles. The van der Waals surface area contributed by atoms with Crippen LogP contribution < -0.4 is 0 Å². The second-order valence-corrected chi connectivity index (χ2v) is 3.06. The van der Waals surface area contributed by atoms with Crippen molar-refractivity contribution in [2.45, 2.75) is 0 Å². The molecule has 17 heavy (non-hydrogen) atoms. The number of halogens is 2. The van der Waals surface area contributed by atoms with Crippen molar-refractivity contribution in [1.29, 1.82) is 0 Å². The van der Waals surface area contributed by atoms with Crippen LogP contribution in [0.25, 0.3) is 0 Å². The van der Waals surface area contributed by atoms with E-state index in [9.17, 15) is 18.2 Å². The maximum absolute atomic E-state index is 11.6. The summed E-state index contributed by atoms with van der Waals surface area (Å²) in [5.74, 6) is -2.69. The lowest BCUT2D eigenvalue weighted by atomic mass is 9.95. The van der Waals surface area contributed by atoms with E-state index in [1.165, 1.54) is 6.21 Å². The molecule has 0 aromatic heterocycles. The van der Waals surface area contributed by atoms with Crippen molar-refractivity contribution in [2.75, 3.05) is 0 Å². The van der Waals surface area contributed by atoms with Crippen molar-refractivity contribution >= 4 is 31.5 Å². The summed E-state index contributed by atoms with van der Waals surface area (Å²) in [6.45, 7) is 0. The number of Topliss-reactive ketones (excluding diaryl/α,β-unsaturated/α-hetero) is 1. The van der Waals surface area contributed by atoms with Gasteiger partial charge in [-0.15, -0.1) is 0 Å². The van der Waals surface area contributed by atoms with E-state index < -0.39 is 25.5 Å². The molecule has 0 spiro atoms. The van der Waals surface area contributed by atoms with Crippen LogP contribution in [0.15, 0.2) is 29.3 Å². The maximum Gasteiger partial charge on any atom is 0.577 e. The van der Waals surface area contributed by atoms with Gasteiger partial charge < -0.3 is 5.11 Å². The van der Waals surface area contributed by atoms with E-state index in [-0.39, 0.29) is 0 Å². The Morgan fingerprint density at radius 3 is 2.53 bits per heavy atom. The highest BCUT2D eigenvalue weighted by atomic mass is 19.2. The van der Waals surface area contributed by atoms with E-state index in [1.54, 1.807) is 24.3 Å². The number of carbonyl (C=O) groups is 2. The maximum atomic E-state index is 11.6. The van der Waals surface area contributed by atoms with Gasteiger partial charge in [0, 0.05) is 11.8 Å². The molecule has 0 amide bonds. The second kappa shape index (κ2) is 5.88. The molecule has 87 valence electrons. The molecule has 1 aliphatic heterocycles. The number of aliphatic carboxylic acids is 1. The van der Waals surface area contributed by atoms with Crippen molar-refractivity contribution in [1.82, 2.24) is 0 Å². The van der Waals surface area contributed by atoms with Gasteiger partial charge in [-0.25, -0.2) is 0 Å². The Morgan fingerprint density at radius 2 is 1.94 bits per heavy atom. The van der Waals surface area contributed by atoms with E-state index >= 15 is 0 Å². The number of fused-ring (bicyclic) bond motifs is 1. The van der Waals surface area contributed by atoms with Crippen LogP contribution in [0.1, 0.15) is 10.4 Å². The molecular formula is C10H7BF2NO3. The topological polar surface area (TPSA) is 66.7 Å². The van der Waals surface area contributed by atoms with Crippen molar-refractivity contribution < 1.29 is 23.3 Å². The summed E-state index contributed by atoms with van der Waals surface area (Å²) >= 11 is 0. The molecule has 4 nitrogen and oxygen atoms in total. The second-order valence-electron chi connectivity index (χ2n) is 3.06. The van der Waals surface area contributed by atoms with Gasteiger partial charge in [-0.05, 0) is 12.1 Å². The number of ketones is 1. The molecule has 0 saturated carbocycles. The predicted octanol–water partition coefficient (Wildman–Crippen LogP) is 1.75. The molecule has 1 radical (unpaired) electrons. The van der Waals surface area contributed by atoms with Crippen LogP contribution in [0.2, 0.25) is 0 Å². The fraction of sp³-hybridized carbons (Fsp3) is 0.100. The highest BCUT2D eigenvalue weighted by Gasteiger charge is 2.29. The summed E-state index contributed by atoms with van der Waals surface area (Å²) in [6.07, 6.45) is 1.17. The Balaban J connectivity index is 0.000000437. The van der Waals surface area contributed by atoms with Crippen LogP contribution in [0.5, 0.6) is 0 Å². The number of rotatable bonds is 1. The highest BCUT2D eigenvalue weighted by Crippen LogP contribution is 2.25. The molecule has 1 N–H and O–H groups in total. The first kappa shape index (κ1) is 13.0. The molecule has 1 aromatic rings. The van der Waals surface area contributed by atoms with Crippen molar-refractivity contribution in [2.24, 2.45) is 10.9 Å². The van der Waals surface area contributed by atoms with Crippen LogP contribution in [-0.2, 0) is 4.79 Å². The fourth-order valence-corrected chi connectivity index (χ4v) is 1.36. The van der Waals surface area contributed by atoms with Crippen LogP contribution in [0.4, 0.5) is 14.3 Å². The fourth-order valence-electron chi connectivity index (χ4n) is 1.36. The largest absolute Gasteiger partial charge is 0.577 e. The van der Waals surface area contributed by atoms with Crippen LogP contribution in [0, 0.1) is 5.92 Å². The molecule has 2 rings (SSSR count). The number of carboxylic acids is 1. The van der Waals surface area contributed by atoms with Gasteiger partial charge in [0.05, 0.1) is 5.69 Å². The summed E-state index contributed by atoms with van der Waals surface area (Å²) in [4.78, 5) is 26.2. The Hall–Kier alpha value is -2.05. The highest BCUT2D eigenvalue weighted by molar-refractivity contribution is 6.21. The average molecular weight is 238 g/mol. The third-order valence-corrected chi connectivity index (χ3v) is 2.08. The minimum Gasteiger partial charge on any atom is -0.480 e. The van der Waals surface area contributed by atoms with Crippen molar-refractivity contribution in [3.63, 3.8) is 0 Å². The number of carboxylic acid groups (broad SMARTS) is 1. The first-order chi connectivity index (χ1) is 8.11.